The lowest BCUT2D eigenvalue weighted by molar-refractivity contribution is -0.137. The van der Waals surface area contributed by atoms with Crippen molar-refractivity contribution in [3.05, 3.63) is 53.6 Å². The van der Waals surface area contributed by atoms with E-state index >= 15 is 0 Å². The Kier molecular flexibility index (Phi) is 4.62. The van der Waals surface area contributed by atoms with E-state index < -0.39 is 23.6 Å². The van der Waals surface area contributed by atoms with Crippen LogP contribution in [0.4, 0.5) is 13.2 Å². The van der Waals surface area contributed by atoms with Crippen molar-refractivity contribution < 1.29 is 23.1 Å². The number of ketones is 1. The van der Waals surface area contributed by atoms with Crippen LogP contribution >= 0.6 is 11.3 Å². The Hall–Kier alpha value is -2.25. The van der Waals surface area contributed by atoms with E-state index in [-0.39, 0.29) is 11.9 Å². The van der Waals surface area contributed by atoms with Crippen molar-refractivity contribution in [2.75, 3.05) is 0 Å². The van der Waals surface area contributed by atoms with E-state index in [0.29, 0.717) is 20.8 Å². The molecule has 0 fully saturated rings. The summed E-state index contributed by atoms with van der Waals surface area (Å²) in [6.07, 6.45) is -5.27. The lowest BCUT2D eigenvalue weighted by Gasteiger charge is -2.09. The molecule has 0 bridgehead atoms. The maximum absolute atomic E-state index is 12.8. The molecule has 3 aromatic rings. The van der Waals surface area contributed by atoms with Gasteiger partial charge in [0.2, 0.25) is 0 Å². The predicted molar refractivity (Wildman–Crippen MR) is 90.7 cm³/mol. The second-order valence-electron chi connectivity index (χ2n) is 5.53. The van der Waals surface area contributed by atoms with Gasteiger partial charge in [0.05, 0.1) is 15.8 Å². The van der Waals surface area contributed by atoms with E-state index in [0.717, 1.165) is 12.1 Å². The first-order valence-electron chi connectivity index (χ1n) is 7.60. The van der Waals surface area contributed by atoms with Crippen molar-refractivity contribution in [2.45, 2.75) is 25.6 Å². The Morgan fingerprint density at radius 3 is 2.64 bits per heavy atom. The highest BCUT2D eigenvalue weighted by Gasteiger charge is 2.31. The third-order valence-electron chi connectivity index (χ3n) is 3.83. The van der Waals surface area contributed by atoms with Crippen LogP contribution in [-0.2, 0) is 6.18 Å². The third kappa shape index (κ3) is 3.43. The van der Waals surface area contributed by atoms with Gasteiger partial charge in [0, 0.05) is 11.1 Å². The number of carbonyl (C=O) groups is 1. The van der Waals surface area contributed by atoms with Crippen LogP contribution in [0.15, 0.2) is 42.5 Å². The average molecular weight is 365 g/mol. The Morgan fingerprint density at radius 1 is 1.24 bits per heavy atom. The number of carbonyl (C=O) groups excluding carboxylic acids is 1. The van der Waals surface area contributed by atoms with E-state index in [4.69, 9.17) is 0 Å². The average Bonchev–Trinajstić information content (AvgIpc) is 3.02. The van der Waals surface area contributed by atoms with Gasteiger partial charge in [-0.1, -0.05) is 31.2 Å². The molecule has 0 radical (unpaired) electrons. The molecule has 1 unspecified atom stereocenters. The summed E-state index contributed by atoms with van der Waals surface area (Å²) in [6.45, 7) is 1.70. The molecule has 130 valence electrons. The standard InChI is InChI=1S/C18H14F3NO2S/c1-2-14(23)16(24)11-5-3-4-6-12(11)17-22-13-9-10(18(19,20)21)7-8-15(13)25-17/h3-9,14,23H,2H2,1H3. The van der Waals surface area contributed by atoms with Crippen molar-refractivity contribution in [2.24, 2.45) is 0 Å². The molecule has 1 aromatic heterocycles. The zero-order chi connectivity index (χ0) is 18.2. The Labute approximate surface area is 145 Å². The zero-order valence-corrected chi connectivity index (χ0v) is 14.0. The number of benzene rings is 2. The lowest BCUT2D eigenvalue weighted by Crippen LogP contribution is -2.19. The number of alkyl halides is 3. The summed E-state index contributed by atoms with van der Waals surface area (Å²) in [5.74, 6) is -0.423. The largest absolute Gasteiger partial charge is 0.416 e. The zero-order valence-electron chi connectivity index (χ0n) is 13.2. The van der Waals surface area contributed by atoms with Crippen molar-refractivity contribution in [1.82, 2.24) is 4.98 Å². The highest BCUT2D eigenvalue weighted by molar-refractivity contribution is 7.21. The van der Waals surface area contributed by atoms with Gasteiger partial charge in [-0.25, -0.2) is 4.98 Å². The molecule has 3 rings (SSSR count). The minimum Gasteiger partial charge on any atom is -0.385 e. The molecule has 0 saturated carbocycles. The fraction of sp³-hybridized carbons (Fsp3) is 0.222. The number of aromatic nitrogens is 1. The van der Waals surface area contributed by atoms with E-state index in [1.54, 1.807) is 31.2 Å². The summed E-state index contributed by atoms with van der Waals surface area (Å²) in [6, 6.07) is 10.1. The van der Waals surface area contributed by atoms with Gasteiger partial charge in [-0.2, -0.15) is 13.2 Å². The van der Waals surface area contributed by atoms with Crippen LogP contribution in [-0.4, -0.2) is 22.0 Å². The second-order valence-corrected chi connectivity index (χ2v) is 6.56. The first kappa shape index (κ1) is 17.6. The topological polar surface area (TPSA) is 50.2 Å². The first-order chi connectivity index (χ1) is 11.8. The molecule has 0 amide bonds. The smallest absolute Gasteiger partial charge is 0.385 e. The van der Waals surface area contributed by atoms with Gasteiger partial charge < -0.3 is 5.11 Å². The van der Waals surface area contributed by atoms with Crippen LogP contribution in [0.2, 0.25) is 0 Å². The quantitative estimate of drug-likeness (QED) is 0.667. The number of thiazole rings is 1. The number of aliphatic hydroxyl groups is 1. The molecule has 3 nitrogen and oxygen atoms in total. The molecule has 0 aliphatic rings. The minimum absolute atomic E-state index is 0.230. The highest BCUT2D eigenvalue weighted by atomic mass is 32.1. The van der Waals surface area contributed by atoms with Crippen LogP contribution in [0.5, 0.6) is 0 Å². The molecule has 2 aromatic carbocycles. The molecule has 0 saturated heterocycles. The summed E-state index contributed by atoms with van der Waals surface area (Å²) in [7, 11) is 0. The number of hydrogen-bond donors (Lipinski definition) is 1. The van der Waals surface area contributed by atoms with E-state index in [1.165, 1.54) is 17.4 Å². The second kappa shape index (κ2) is 6.57. The molecule has 0 aliphatic carbocycles. The van der Waals surface area contributed by atoms with Crippen molar-refractivity contribution in [3.8, 4) is 10.6 Å². The summed E-state index contributed by atoms with van der Waals surface area (Å²) in [5, 5.41) is 10.3. The van der Waals surface area contributed by atoms with Crippen LogP contribution in [0.25, 0.3) is 20.8 Å². The van der Waals surface area contributed by atoms with Gasteiger partial charge in [-0.05, 0) is 24.6 Å². The third-order valence-corrected chi connectivity index (χ3v) is 4.90. The number of halogens is 3. The summed E-state index contributed by atoms with van der Waals surface area (Å²) in [4.78, 5) is 16.6. The van der Waals surface area contributed by atoms with Gasteiger partial charge in [-0.3, -0.25) is 4.79 Å². The van der Waals surface area contributed by atoms with Gasteiger partial charge in [0.15, 0.2) is 5.78 Å². The number of hydrogen-bond acceptors (Lipinski definition) is 4. The molecule has 7 heteroatoms. The molecule has 1 atom stereocenters. The van der Waals surface area contributed by atoms with E-state index in [9.17, 15) is 23.1 Å². The maximum atomic E-state index is 12.8. The number of rotatable bonds is 4. The van der Waals surface area contributed by atoms with Crippen LogP contribution in [0.1, 0.15) is 29.3 Å². The van der Waals surface area contributed by atoms with Crippen molar-refractivity contribution in [3.63, 3.8) is 0 Å². The predicted octanol–water partition coefficient (Wildman–Crippen LogP) is 4.94. The maximum Gasteiger partial charge on any atom is 0.416 e. The van der Waals surface area contributed by atoms with Crippen LogP contribution in [0, 0.1) is 0 Å². The number of aliphatic hydroxyl groups excluding tert-OH is 1. The number of Topliss-reactive ketones (excluding diaryl/α,β-unsaturated/α-hetero) is 1. The Balaban J connectivity index is 2.10. The fourth-order valence-electron chi connectivity index (χ4n) is 2.47. The van der Waals surface area contributed by atoms with Gasteiger partial charge in [0.25, 0.3) is 0 Å². The molecule has 1 heterocycles. The van der Waals surface area contributed by atoms with Crippen LogP contribution < -0.4 is 0 Å². The van der Waals surface area contributed by atoms with E-state index in [1.807, 2.05) is 0 Å². The molecule has 1 N–H and O–H groups in total. The number of fused-ring (bicyclic) bond motifs is 1. The molecule has 0 spiro atoms. The van der Waals surface area contributed by atoms with Crippen molar-refractivity contribution >= 4 is 27.3 Å². The van der Waals surface area contributed by atoms with Gasteiger partial charge >= 0.3 is 6.18 Å². The fourth-order valence-corrected chi connectivity index (χ4v) is 3.45. The van der Waals surface area contributed by atoms with Crippen molar-refractivity contribution in [1.29, 1.82) is 0 Å². The highest BCUT2D eigenvalue weighted by Crippen LogP contribution is 2.36. The molecular formula is C18H14F3NO2S. The summed E-state index contributed by atoms with van der Waals surface area (Å²) in [5.41, 5.74) is 0.289. The molecule has 0 aliphatic heterocycles. The Morgan fingerprint density at radius 2 is 1.96 bits per heavy atom. The molecular weight excluding hydrogens is 351 g/mol. The van der Waals surface area contributed by atoms with E-state index in [2.05, 4.69) is 4.98 Å². The summed E-state index contributed by atoms with van der Waals surface area (Å²) < 4.78 is 39.1. The SMILES string of the molecule is CCC(O)C(=O)c1ccccc1-c1nc2cc(C(F)(F)F)ccc2s1. The lowest BCUT2D eigenvalue weighted by atomic mass is 9.99. The minimum atomic E-state index is -4.43. The molecule has 25 heavy (non-hydrogen) atoms. The first-order valence-corrected chi connectivity index (χ1v) is 8.42. The number of nitrogens with zero attached hydrogens (tertiary/aromatic N) is 1. The monoisotopic (exact) mass is 365 g/mol. The van der Waals surface area contributed by atoms with Crippen LogP contribution in [0.3, 0.4) is 0 Å². The normalized spacial score (nSPS) is 13.2. The summed E-state index contributed by atoms with van der Waals surface area (Å²) >= 11 is 1.21. The van der Waals surface area contributed by atoms with Gasteiger partial charge in [0.1, 0.15) is 11.1 Å². The Bertz CT molecular complexity index is 933. The van der Waals surface area contributed by atoms with Gasteiger partial charge in [-0.15, -0.1) is 11.3 Å².